The quantitative estimate of drug-likeness (QED) is 0.533. The number of sulfonamides is 1. The second-order valence-electron chi connectivity index (χ2n) is 4.91. The second-order valence-corrected chi connectivity index (χ2v) is 7.53. The number of nitrogens with zero attached hydrogens (tertiary/aromatic N) is 2. The van der Waals surface area contributed by atoms with E-state index in [2.05, 4.69) is 41.3 Å². The first kappa shape index (κ1) is 16.0. The van der Waals surface area contributed by atoms with Crippen molar-refractivity contribution in [3.05, 3.63) is 28.9 Å². The van der Waals surface area contributed by atoms with E-state index in [4.69, 9.17) is 0 Å². The first-order valence-corrected chi connectivity index (χ1v) is 9.09. The van der Waals surface area contributed by atoms with Crippen LogP contribution in [0, 0.1) is 0 Å². The maximum atomic E-state index is 12.3. The van der Waals surface area contributed by atoms with Crippen LogP contribution in [0.5, 0.6) is 5.75 Å². The van der Waals surface area contributed by atoms with Crippen LogP contribution in [-0.2, 0) is 10.0 Å². The molecule has 4 N–H and O–H groups in total. The molecule has 0 radical (unpaired) electrons. The summed E-state index contributed by atoms with van der Waals surface area (Å²) in [5.74, 6) is 0.725. The third-order valence-corrected chi connectivity index (χ3v) is 5.16. The van der Waals surface area contributed by atoms with Crippen LogP contribution >= 0.6 is 15.9 Å². The summed E-state index contributed by atoms with van der Waals surface area (Å²) in [4.78, 5) is 8.42. The number of aromatic nitrogens is 2. The Hall–Kier alpha value is -1.91. The van der Waals surface area contributed by atoms with E-state index in [0.29, 0.717) is 28.9 Å². The van der Waals surface area contributed by atoms with Crippen LogP contribution < -0.4 is 15.4 Å². The Morgan fingerprint density at radius 2 is 2.04 bits per heavy atom. The lowest BCUT2D eigenvalue weighted by atomic mass is 10.3. The fourth-order valence-corrected chi connectivity index (χ4v) is 3.55. The van der Waals surface area contributed by atoms with E-state index in [1.54, 1.807) is 6.20 Å². The maximum absolute atomic E-state index is 12.3. The Morgan fingerprint density at radius 3 is 2.87 bits per heavy atom. The van der Waals surface area contributed by atoms with Crippen molar-refractivity contribution in [2.24, 2.45) is 0 Å². The summed E-state index contributed by atoms with van der Waals surface area (Å²) in [6.45, 7) is 0.809. The molecule has 0 aliphatic carbocycles. The van der Waals surface area contributed by atoms with Gasteiger partial charge in [0.2, 0.25) is 16.0 Å². The first-order chi connectivity index (χ1) is 10.9. The monoisotopic (exact) mass is 399 g/mol. The minimum Gasteiger partial charge on any atom is -0.508 e. The molecule has 0 atom stereocenters. The number of hydrogen-bond acceptors (Lipinski definition) is 7. The molecular weight excluding hydrogens is 386 g/mol. The van der Waals surface area contributed by atoms with E-state index in [1.807, 2.05) is 0 Å². The molecule has 1 aromatic carbocycles. The molecule has 2 heterocycles. The Balaban J connectivity index is 2.07. The van der Waals surface area contributed by atoms with Crippen LogP contribution in [-0.4, -0.2) is 36.6 Å². The minimum absolute atomic E-state index is 0.0236. The molecule has 0 spiro atoms. The van der Waals surface area contributed by atoms with Crippen LogP contribution in [0.1, 0.15) is 6.42 Å². The molecule has 1 aromatic heterocycles. The van der Waals surface area contributed by atoms with Crippen molar-refractivity contribution < 1.29 is 13.5 Å². The summed E-state index contributed by atoms with van der Waals surface area (Å²) >= 11 is 3.36. The van der Waals surface area contributed by atoms with Crippen LogP contribution in [0.4, 0.5) is 17.5 Å². The summed E-state index contributed by atoms with van der Waals surface area (Å²) in [5, 5.41) is 15.8. The van der Waals surface area contributed by atoms with Crippen molar-refractivity contribution in [2.75, 3.05) is 23.7 Å². The highest BCUT2D eigenvalue weighted by molar-refractivity contribution is 9.10. The molecule has 4 bridgehead atoms. The number of benzene rings is 1. The molecule has 1 aliphatic rings. The Morgan fingerprint density at radius 1 is 1.22 bits per heavy atom. The van der Waals surface area contributed by atoms with Crippen LogP contribution in [0.25, 0.3) is 0 Å². The van der Waals surface area contributed by atoms with Crippen molar-refractivity contribution in [1.29, 1.82) is 0 Å². The predicted octanol–water partition coefficient (Wildman–Crippen LogP) is 1.78. The van der Waals surface area contributed by atoms with Crippen LogP contribution in [0.15, 0.2) is 33.8 Å². The van der Waals surface area contributed by atoms with Gasteiger partial charge in [-0.15, -0.1) is 0 Å². The summed E-state index contributed by atoms with van der Waals surface area (Å²) in [6, 6.07) is 4.01. The van der Waals surface area contributed by atoms with E-state index in [0.717, 1.165) is 0 Å². The van der Waals surface area contributed by atoms with Gasteiger partial charge in [-0.25, -0.2) is 18.1 Å². The minimum atomic E-state index is -3.69. The largest absolute Gasteiger partial charge is 0.508 e. The van der Waals surface area contributed by atoms with Gasteiger partial charge in [-0.1, -0.05) is 0 Å². The normalized spacial score (nSPS) is 16.9. The number of anilines is 3. The number of phenols is 1. The van der Waals surface area contributed by atoms with E-state index in [-0.39, 0.29) is 23.1 Å². The molecule has 0 unspecified atom stereocenters. The van der Waals surface area contributed by atoms with Crippen molar-refractivity contribution in [1.82, 2.24) is 14.7 Å². The van der Waals surface area contributed by atoms with Crippen LogP contribution in [0.3, 0.4) is 0 Å². The lowest BCUT2D eigenvalue weighted by Gasteiger charge is -2.10. The number of phenolic OH excluding ortho intramolecular Hbond substituents is 1. The molecule has 0 amide bonds. The number of rotatable bonds is 0. The number of aromatic hydroxyl groups is 1. The van der Waals surface area contributed by atoms with Gasteiger partial charge in [-0.2, -0.15) is 4.98 Å². The van der Waals surface area contributed by atoms with Crippen molar-refractivity contribution in [3.8, 4) is 5.75 Å². The van der Waals surface area contributed by atoms with E-state index in [9.17, 15) is 13.5 Å². The molecule has 8 nitrogen and oxygen atoms in total. The Labute approximate surface area is 141 Å². The van der Waals surface area contributed by atoms with E-state index in [1.165, 1.54) is 18.2 Å². The number of halogens is 1. The lowest BCUT2D eigenvalue weighted by Crippen LogP contribution is -2.26. The first-order valence-electron chi connectivity index (χ1n) is 6.81. The Kier molecular flexibility index (Phi) is 4.37. The fourth-order valence-electron chi connectivity index (χ4n) is 2.08. The lowest BCUT2D eigenvalue weighted by molar-refractivity contribution is 0.473. The molecule has 2 aromatic rings. The molecule has 0 fully saturated rings. The zero-order chi connectivity index (χ0) is 16.4. The molecule has 0 saturated carbocycles. The number of fused-ring (bicyclic) bond motifs is 4. The molecule has 3 rings (SSSR count). The van der Waals surface area contributed by atoms with Gasteiger partial charge in [-0.05, 0) is 28.4 Å². The summed E-state index contributed by atoms with van der Waals surface area (Å²) in [5.41, 5.74) is 0.373. The maximum Gasteiger partial charge on any atom is 0.240 e. The molecule has 10 heteroatoms. The molecule has 0 saturated heterocycles. The van der Waals surface area contributed by atoms with Crippen molar-refractivity contribution in [2.45, 2.75) is 11.3 Å². The van der Waals surface area contributed by atoms with Gasteiger partial charge < -0.3 is 15.7 Å². The summed E-state index contributed by atoms with van der Waals surface area (Å²) in [6.07, 6.45) is 2.17. The third kappa shape index (κ3) is 3.71. The predicted molar refractivity (Wildman–Crippen MR) is 89.4 cm³/mol. The molecule has 1 aliphatic heterocycles. The van der Waals surface area contributed by atoms with Crippen LogP contribution in [0.2, 0.25) is 0 Å². The van der Waals surface area contributed by atoms with Gasteiger partial charge in [0, 0.05) is 37.1 Å². The van der Waals surface area contributed by atoms with Crippen molar-refractivity contribution in [3.63, 3.8) is 0 Å². The van der Waals surface area contributed by atoms with Gasteiger partial charge in [0.1, 0.15) is 11.6 Å². The van der Waals surface area contributed by atoms with Gasteiger partial charge in [-0.3, -0.25) is 0 Å². The summed E-state index contributed by atoms with van der Waals surface area (Å²) in [7, 11) is -3.69. The molecule has 23 heavy (non-hydrogen) atoms. The standard InChI is InChI=1S/C13H14BrN5O3S/c14-11-7-16-13-18-8-4-9(20)6-10(5-8)23(21,22)17-3-1-2-15-12(11)19-13/h4-7,17,20H,1-3H2,(H2,15,16,18,19). The van der Waals surface area contributed by atoms with Crippen molar-refractivity contribution >= 4 is 43.4 Å². The molecule has 122 valence electrons. The average Bonchev–Trinajstić information content (AvgIpc) is 2.49. The van der Waals surface area contributed by atoms with E-state index >= 15 is 0 Å². The highest BCUT2D eigenvalue weighted by atomic mass is 79.9. The van der Waals surface area contributed by atoms with Gasteiger partial charge >= 0.3 is 0 Å². The SMILES string of the molecule is O=S1(=O)NCCCNc2nc(ncc2Br)Nc2cc(O)cc1c2. The highest BCUT2D eigenvalue weighted by Gasteiger charge is 2.17. The van der Waals surface area contributed by atoms with Gasteiger partial charge in [0.05, 0.1) is 9.37 Å². The second kappa shape index (κ2) is 6.30. The van der Waals surface area contributed by atoms with E-state index < -0.39 is 10.0 Å². The average molecular weight is 400 g/mol. The number of nitrogens with one attached hydrogen (secondary N) is 3. The smallest absolute Gasteiger partial charge is 0.240 e. The topological polar surface area (TPSA) is 116 Å². The highest BCUT2D eigenvalue weighted by Crippen LogP contribution is 2.26. The Bertz CT molecular complexity index is 843. The van der Waals surface area contributed by atoms with Gasteiger partial charge in [0.15, 0.2) is 0 Å². The fraction of sp³-hybridized carbons (Fsp3) is 0.231. The van der Waals surface area contributed by atoms with Gasteiger partial charge in [0.25, 0.3) is 0 Å². The number of hydrogen-bond donors (Lipinski definition) is 4. The summed E-state index contributed by atoms with van der Waals surface area (Å²) < 4.78 is 27.7. The zero-order valence-electron chi connectivity index (χ0n) is 11.9. The zero-order valence-corrected chi connectivity index (χ0v) is 14.3. The molecular formula is C13H14BrN5O3S. The third-order valence-electron chi connectivity index (χ3n) is 3.14.